The molecule has 1 aliphatic rings. The molecule has 0 amide bonds. The minimum Gasteiger partial charge on any atom is -0.389 e. The van der Waals surface area contributed by atoms with E-state index in [2.05, 4.69) is 22.2 Å². The molecular weight excluding hydrogens is 266 g/mol. The molecule has 0 saturated heterocycles. The molecule has 2 aromatic rings. The lowest BCUT2D eigenvalue weighted by molar-refractivity contribution is 0.00300. The molecule has 1 fully saturated rings. The summed E-state index contributed by atoms with van der Waals surface area (Å²) in [7, 11) is 0. The van der Waals surface area contributed by atoms with Crippen molar-refractivity contribution in [3.63, 3.8) is 0 Å². The predicted octanol–water partition coefficient (Wildman–Crippen LogP) is 2.20. The number of aromatic nitrogens is 2. The first-order valence-electron chi connectivity index (χ1n) is 7.73. The summed E-state index contributed by atoms with van der Waals surface area (Å²) in [5.74, 6) is 0. The van der Waals surface area contributed by atoms with E-state index >= 15 is 0 Å². The number of nitrogens with one attached hydrogen (secondary N) is 3. The number of imidazole rings is 1. The molecule has 0 spiro atoms. The Bertz CT molecular complexity index is 667. The Morgan fingerprint density at radius 2 is 1.95 bits per heavy atom. The highest BCUT2D eigenvalue weighted by Gasteiger charge is 2.29. The quantitative estimate of drug-likeness (QED) is 0.696. The van der Waals surface area contributed by atoms with Crippen LogP contribution in [0.15, 0.2) is 23.0 Å². The van der Waals surface area contributed by atoms with Crippen LogP contribution in [0.5, 0.6) is 0 Å². The van der Waals surface area contributed by atoms with Crippen molar-refractivity contribution in [2.24, 2.45) is 0 Å². The average Bonchev–Trinajstić information content (AvgIpc) is 2.84. The number of benzene rings is 1. The van der Waals surface area contributed by atoms with Gasteiger partial charge in [-0.15, -0.1) is 0 Å². The molecule has 0 aliphatic heterocycles. The summed E-state index contributed by atoms with van der Waals surface area (Å²) in [6.07, 6.45) is 5.23. The fraction of sp³-hybridized carbons (Fsp3) is 0.562. The van der Waals surface area contributed by atoms with Gasteiger partial charge in [-0.2, -0.15) is 0 Å². The van der Waals surface area contributed by atoms with E-state index in [-0.39, 0.29) is 11.7 Å². The molecule has 1 unspecified atom stereocenters. The van der Waals surface area contributed by atoms with Gasteiger partial charge in [0.1, 0.15) is 0 Å². The molecule has 0 radical (unpaired) electrons. The number of aromatic amines is 2. The van der Waals surface area contributed by atoms with Gasteiger partial charge < -0.3 is 20.4 Å². The summed E-state index contributed by atoms with van der Waals surface area (Å²) in [5, 5.41) is 14.0. The molecular formula is C16H23N3O2. The van der Waals surface area contributed by atoms with Crippen LogP contribution >= 0.6 is 0 Å². The summed E-state index contributed by atoms with van der Waals surface area (Å²) in [6, 6.07) is 6.04. The van der Waals surface area contributed by atoms with Crippen LogP contribution in [-0.2, 0) is 0 Å². The first-order chi connectivity index (χ1) is 10.1. The molecule has 1 heterocycles. The molecule has 21 heavy (non-hydrogen) atoms. The Balaban J connectivity index is 1.68. The van der Waals surface area contributed by atoms with Crippen LogP contribution in [0.4, 0.5) is 0 Å². The zero-order valence-corrected chi connectivity index (χ0v) is 12.4. The summed E-state index contributed by atoms with van der Waals surface area (Å²) >= 11 is 0. The second-order valence-electron chi connectivity index (χ2n) is 6.27. The summed E-state index contributed by atoms with van der Waals surface area (Å²) in [4.78, 5) is 16.8. The molecule has 4 N–H and O–H groups in total. The summed E-state index contributed by atoms with van der Waals surface area (Å²) in [5.41, 5.74) is 2.01. The van der Waals surface area contributed by atoms with Gasteiger partial charge in [0.2, 0.25) is 0 Å². The highest BCUT2D eigenvalue weighted by molar-refractivity contribution is 5.75. The van der Waals surface area contributed by atoms with Gasteiger partial charge >= 0.3 is 5.69 Å². The Hall–Kier alpha value is -1.59. The van der Waals surface area contributed by atoms with Crippen molar-refractivity contribution in [1.29, 1.82) is 0 Å². The molecule has 1 saturated carbocycles. The Morgan fingerprint density at radius 1 is 1.24 bits per heavy atom. The normalized spacial score (nSPS) is 19.7. The number of hydrogen-bond acceptors (Lipinski definition) is 3. The molecule has 5 heteroatoms. The van der Waals surface area contributed by atoms with E-state index in [0.29, 0.717) is 6.54 Å². The standard InChI is InChI=1S/C16H23N3O2/c1-11(17-10-16(21)7-3-2-4-8-16)12-5-6-13-14(9-12)19-15(20)18-13/h5-6,9,11,17,21H,2-4,7-8,10H2,1H3,(H2,18,19,20). The second-order valence-corrected chi connectivity index (χ2v) is 6.27. The number of hydrogen-bond donors (Lipinski definition) is 4. The highest BCUT2D eigenvalue weighted by Crippen LogP contribution is 2.28. The van der Waals surface area contributed by atoms with Crippen LogP contribution in [0.1, 0.15) is 50.6 Å². The van der Waals surface area contributed by atoms with Crippen molar-refractivity contribution in [1.82, 2.24) is 15.3 Å². The van der Waals surface area contributed by atoms with Crippen LogP contribution in [0.3, 0.4) is 0 Å². The Kier molecular flexibility index (Phi) is 3.87. The number of H-pyrrole nitrogens is 2. The Morgan fingerprint density at radius 3 is 2.71 bits per heavy atom. The third kappa shape index (κ3) is 3.19. The van der Waals surface area contributed by atoms with Crippen LogP contribution in [-0.4, -0.2) is 27.2 Å². The predicted molar refractivity (Wildman–Crippen MR) is 83.4 cm³/mol. The maximum Gasteiger partial charge on any atom is 0.323 e. The van der Waals surface area contributed by atoms with Gasteiger partial charge in [0.05, 0.1) is 16.6 Å². The lowest BCUT2D eigenvalue weighted by Gasteiger charge is -2.33. The van der Waals surface area contributed by atoms with Crippen molar-refractivity contribution in [3.05, 3.63) is 34.2 Å². The van der Waals surface area contributed by atoms with Crippen LogP contribution in [0.2, 0.25) is 0 Å². The first-order valence-corrected chi connectivity index (χ1v) is 7.73. The van der Waals surface area contributed by atoms with E-state index in [4.69, 9.17) is 0 Å². The van der Waals surface area contributed by atoms with Crippen LogP contribution < -0.4 is 11.0 Å². The van der Waals surface area contributed by atoms with Crippen molar-refractivity contribution in [2.45, 2.75) is 50.7 Å². The lowest BCUT2D eigenvalue weighted by Crippen LogP contribution is -2.42. The lowest BCUT2D eigenvalue weighted by atomic mass is 9.84. The van der Waals surface area contributed by atoms with Gasteiger partial charge in [-0.1, -0.05) is 25.3 Å². The summed E-state index contributed by atoms with van der Waals surface area (Å²) < 4.78 is 0. The number of aliphatic hydroxyl groups is 1. The smallest absolute Gasteiger partial charge is 0.323 e. The molecule has 1 aliphatic carbocycles. The maximum atomic E-state index is 11.3. The van der Waals surface area contributed by atoms with E-state index in [1.165, 1.54) is 6.42 Å². The maximum absolute atomic E-state index is 11.3. The zero-order chi connectivity index (χ0) is 14.9. The third-order valence-electron chi connectivity index (χ3n) is 4.56. The molecule has 3 rings (SSSR count). The number of rotatable bonds is 4. The van der Waals surface area contributed by atoms with Gasteiger partial charge in [0, 0.05) is 12.6 Å². The fourth-order valence-electron chi connectivity index (χ4n) is 3.17. The van der Waals surface area contributed by atoms with Gasteiger partial charge in [-0.05, 0) is 37.5 Å². The molecule has 114 valence electrons. The SMILES string of the molecule is CC(NCC1(O)CCCCC1)c1ccc2[nH]c(=O)[nH]c2c1. The highest BCUT2D eigenvalue weighted by atomic mass is 16.3. The van der Waals surface area contributed by atoms with Gasteiger partial charge in [-0.25, -0.2) is 4.79 Å². The molecule has 0 bridgehead atoms. The van der Waals surface area contributed by atoms with Crippen molar-refractivity contribution >= 4 is 11.0 Å². The molecule has 1 aromatic heterocycles. The first kappa shape index (κ1) is 14.4. The average molecular weight is 289 g/mol. The minimum absolute atomic E-state index is 0.138. The largest absolute Gasteiger partial charge is 0.389 e. The van der Waals surface area contributed by atoms with E-state index in [1.807, 2.05) is 18.2 Å². The molecule has 1 atom stereocenters. The topological polar surface area (TPSA) is 80.9 Å². The van der Waals surface area contributed by atoms with Crippen LogP contribution in [0.25, 0.3) is 11.0 Å². The van der Waals surface area contributed by atoms with Gasteiger partial charge in [0.15, 0.2) is 0 Å². The van der Waals surface area contributed by atoms with E-state index in [1.54, 1.807) is 0 Å². The Labute approximate surface area is 123 Å². The molecule has 1 aromatic carbocycles. The van der Waals surface area contributed by atoms with Crippen molar-refractivity contribution in [2.75, 3.05) is 6.54 Å². The van der Waals surface area contributed by atoms with Crippen LogP contribution in [0, 0.1) is 0 Å². The van der Waals surface area contributed by atoms with Crippen molar-refractivity contribution in [3.8, 4) is 0 Å². The van der Waals surface area contributed by atoms with Gasteiger partial charge in [0.25, 0.3) is 0 Å². The van der Waals surface area contributed by atoms with E-state index in [9.17, 15) is 9.90 Å². The molecule has 5 nitrogen and oxygen atoms in total. The third-order valence-corrected chi connectivity index (χ3v) is 4.56. The monoisotopic (exact) mass is 289 g/mol. The zero-order valence-electron chi connectivity index (χ0n) is 12.4. The van der Waals surface area contributed by atoms with E-state index < -0.39 is 5.60 Å². The minimum atomic E-state index is -0.557. The number of fused-ring (bicyclic) bond motifs is 1. The summed E-state index contributed by atoms with van der Waals surface area (Å²) in [6.45, 7) is 2.70. The van der Waals surface area contributed by atoms with Gasteiger partial charge in [-0.3, -0.25) is 0 Å². The second kappa shape index (κ2) is 5.66. The van der Waals surface area contributed by atoms with E-state index in [0.717, 1.165) is 42.3 Å². The van der Waals surface area contributed by atoms with Crippen molar-refractivity contribution < 1.29 is 5.11 Å². The fourth-order valence-corrected chi connectivity index (χ4v) is 3.17.